The number of hydrogen-bond donors (Lipinski definition) is 1. The van der Waals surface area contributed by atoms with E-state index in [0.29, 0.717) is 30.3 Å². The lowest BCUT2D eigenvalue weighted by Crippen LogP contribution is -2.29. The number of carbonyl (C=O) groups is 2. The number of aliphatic hydroxyl groups excluding tert-OH is 1. The molecule has 0 aliphatic carbocycles. The molecule has 6 heteroatoms. The van der Waals surface area contributed by atoms with Gasteiger partial charge >= 0.3 is 0 Å². The first-order valence-corrected chi connectivity index (χ1v) is 12.1. The summed E-state index contributed by atoms with van der Waals surface area (Å²) in [5.41, 5.74) is 3.21. The number of hydrogen-bond acceptors (Lipinski definition) is 5. The number of ether oxygens (including phenoxy) is 2. The molecule has 184 valence electrons. The Morgan fingerprint density at radius 3 is 2.25 bits per heavy atom. The fraction of sp³-hybridized carbons (Fsp3) is 0.267. The molecule has 2 heterocycles. The van der Waals surface area contributed by atoms with Gasteiger partial charge in [0.05, 0.1) is 11.6 Å². The van der Waals surface area contributed by atoms with Crippen molar-refractivity contribution in [3.63, 3.8) is 0 Å². The van der Waals surface area contributed by atoms with Crippen molar-refractivity contribution in [1.29, 1.82) is 0 Å². The molecule has 1 N–H and O–H groups in total. The smallest absolute Gasteiger partial charge is 0.295 e. The van der Waals surface area contributed by atoms with Crippen molar-refractivity contribution in [2.75, 3.05) is 13.2 Å². The Hall–Kier alpha value is -4.06. The third-order valence-electron chi connectivity index (χ3n) is 6.64. The van der Waals surface area contributed by atoms with Crippen LogP contribution in [0.25, 0.3) is 5.76 Å². The molecule has 2 aliphatic rings. The summed E-state index contributed by atoms with van der Waals surface area (Å²) >= 11 is 0. The Labute approximate surface area is 210 Å². The van der Waals surface area contributed by atoms with Gasteiger partial charge in [0.1, 0.15) is 19.0 Å². The molecule has 1 atom stereocenters. The molecular weight excluding hydrogens is 454 g/mol. The van der Waals surface area contributed by atoms with E-state index in [0.717, 1.165) is 16.7 Å². The van der Waals surface area contributed by atoms with Crippen LogP contribution in [0.1, 0.15) is 49.1 Å². The normalized spacial score (nSPS) is 19.0. The lowest BCUT2D eigenvalue weighted by molar-refractivity contribution is -0.140. The summed E-state index contributed by atoms with van der Waals surface area (Å²) in [5, 5.41) is 11.4. The van der Waals surface area contributed by atoms with Gasteiger partial charge in [0.25, 0.3) is 11.7 Å². The van der Waals surface area contributed by atoms with Crippen LogP contribution in [0.4, 0.5) is 0 Å². The van der Waals surface area contributed by atoms with Crippen LogP contribution in [0.3, 0.4) is 0 Å². The number of aliphatic hydroxyl groups is 1. The van der Waals surface area contributed by atoms with Crippen molar-refractivity contribution in [3.05, 3.63) is 101 Å². The zero-order valence-corrected chi connectivity index (χ0v) is 20.7. The Bertz CT molecular complexity index is 1340. The quantitative estimate of drug-likeness (QED) is 0.306. The molecule has 0 unspecified atom stereocenters. The van der Waals surface area contributed by atoms with Crippen LogP contribution in [-0.2, 0) is 21.5 Å². The molecule has 6 nitrogen and oxygen atoms in total. The molecule has 1 fully saturated rings. The summed E-state index contributed by atoms with van der Waals surface area (Å²) in [7, 11) is 0. The molecule has 0 bridgehead atoms. The molecule has 1 amide bonds. The van der Waals surface area contributed by atoms with Gasteiger partial charge in [0.2, 0.25) is 0 Å². The van der Waals surface area contributed by atoms with Crippen LogP contribution in [-0.4, -0.2) is 34.9 Å². The molecule has 1 saturated heterocycles. The van der Waals surface area contributed by atoms with Gasteiger partial charge in [-0.05, 0) is 40.3 Å². The highest BCUT2D eigenvalue weighted by molar-refractivity contribution is 6.46. The zero-order valence-electron chi connectivity index (χ0n) is 20.7. The van der Waals surface area contributed by atoms with Gasteiger partial charge in [-0.1, -0.05) is 75.4 Å². The van der Waals surface area contributed by atoms with E-state index in [9.17, 15) is 14.7 Å². The Morgan fingerprint density at radius 2 is 1.58 bits per heavy atom. The third kappa shape index (κ3) is 4.35. The average molecular weight is 484 g/mol. The number of carbonyl (C=O) groups excluding carboxylic acids is 2. The predicted molar refractivity (Wildman–Crippen MR) is 137 cm³/mol. The van der Waals surface area contributed by atoms with Gasteiger partial charge in [0.15, 0.2) is 11.5 Å². The number of Topliss-reactive ketones (excluding diaryl/α,β-unsaturated/α-hetero) is 1. The zero-order chi connectivity index (χ0) is 25.4. The summed E-state index contributed by atoms with van der Waals surface area (Å²) in [6.45, 7) is 7.49. The van der Waals surface area contributed by atoms with Crippen LogP contribution in [0.5, 0.6) is 11.5 Å². The fourth-order valence-corrected chi connectivity index (χ4v) is 4.68. The van der Waals surface area contributed by atoms with Gasteiger partial charge in [0, 0.05) is 12.1 Å². The van der Waals surface area contributed by atoms with Crippen molar-refractivity contribution in [2.24, 2.45) is 0 Å². The van der Waals surface area contributed by atoms with Crippen molar-refractivity contribution < 1.29 is 24.2 Å². The second-order valence-corrected chi connectivity index (χ2v) is 10.1. The molecule has 0 spiro atoms. The minimum absolute atomic E-state index is 0.0461. The van der Waals surface area contributed by atoms with Gasteiger partial charge in [-0.2, -0.15) is 0 Å². The maximum absolute atomic E-state index is 13.4. The van der Waals surface area contributed by atoms with Crippen LogP contribution >= 0.6 is 0 Å². The van der Waals surface area contributed by atoms with E-state index >= 15 is 0 Å². The summed E-state index contributed by atoms with van der Waals surface area (Å²) < 4.78 is 11.2. The number of nitrogens with zero attached hydrogens (tertiary/aromatic N) is 1. The fourth-order valence-electron chi connectivity index (χ4n) is 4.68. The summed E-state index contributed by atoms with van der Waals surface area (Å²) in [5.74, 6) is -0.497. The van der Waals surface area contributed by atoms with E-state index in [1.807, 2.05) is 54.6 Å². The van der Waals surface area contributed by atoms with Crippen LogP contribution in [0.15, 0.2) is 78.4 Å². The van der Waals surface area contributed by atoms with E-state index in [2.05, 4.69) is 20.8 Å². The minimum Gasteiger partial charge on any atom is -0.507 e. The number of likely N-dealkylation sites (tertiary alicyclic amines) is 1. The molecular formula is C30H29NO5. The molecule has 36 heavy (non-hydrogen) atoms. The van der Waals surface area contributed by atoms with E-state index in [1.165, 1.54) is 4.90 Å². The van der Waals surface area contributed by atoms with Gasteiger partial charge in [-0.25, -0.2) is 0 Å². The summed E-state index contributed by atoms with van der Waals surface area (Å²) in [6, 6.07) is 21.7. The lowest BCUT2D eigenvalue weighted by Gasteiger charge is -2.27. The number of benzene rings is 3. The highest BCUT2D eigenvalue weighted by atomic mass is 16.6. The third-order valence-corrected chi connectivity index (χ3v) is 6.64. The van der Waals surface area contributed by atoms with Crippen molar-refractivity contribution in [2.45, 2.75) is 38.8 Å². The summed E-state index contributed by atoms with van der Waals surface area (Å²) in [6.07, 6.45) is 0. The second kappa shape index (κ2) is 9.19. The van der Waals surface area contributed by atoms with Gasteiger partial charge < -0.3 is 19.5 Å². The topological polar surface area (TPSA) is 76.1 Å². The molecule has 3 aromatic rings. The van der Waals surface area contributed by atoms with E-state index in [4.69, 9.17) is 9.47 Å². The van der Waals surface area contributed by atoms with Crippen molar-refractivity contribution >= 4 is 17.4 Å². The Morgan fingerprint density at radius 1 is 0.917 bits per heavy atom. The molecule has 0 aromatic heterocycles. The number of ketones is 1. The van der Waals surface area contributed by atoms with Gasteiger partial charge in [-0.3, -0.25) is 9.59 Å². The first-order chi connectivity index (χ1) is 17.2. The molecule has 3 aromatic carbocycles. The summed E-state index contributed by atoms with van der Waals surface area (Å²) in [4.78, 5) is 28.2. The average Bonchev–Trinajstić information content (AvgIpc) is 3.13. The number of amides is 1. The largest absolute Gasteiger partial charge is 0.507 e. The Kier molecular flexibility index (Phi) is 6.04. The lowest BCUT2D eigenvalue weighted by atomic mass is 9.85. The van der Waals surface area contributed by atoms with E-state index in [-0.39, 0.29) is 23.3 Å². The molecule has 0 saturated carbocycles. The van der Waals surface area contributed by atoms with E-state index in [1.54, 1.807) is 18.2 Å². The Balaban J connectivity index is 1.63. The SMILES string of the molecule is CC(C)(C)c1ccc([C@H]2/C(=C(\O)c3ccc4c(c3)OCCO4)C(=O)C(=O)N2Cc2ccccc2)cc1. The van der Waals surface area contributed by atoms with Crippen LogP contribution < -0.4 is 9.47 Å². The monoisotopic (exact) mass is 483 g/mol. The van der Waals surface area contributed by atoms with Crippen molar-refractivity contribution in [1.82, 2.24) is 4.90 Å². The van der Waals surface area contributed by atoms with E-state index < -0.39 is 17.7 Å². The molecule has 0 radical (unpaired) electrons. The van der Waals surface area contributed by atoms with Crippen LogP contribution in [0.2, 0.25) is 0 Å². The minimum atomic E-state index is -0.729. The highest BCUT2D eigenvalue weighted by Crippen LogP contribution is 2.42. The van der Waals surface area contributed by atoms with Crippen LogP contribution in [0, 0.1) is 0 Å². The molecule has 5 rings (SSSR count). The standard InChI is InChI=1S/C30H29NO5/c1-30(2,3)22-12-9-20(10-13-22)26-25(27(32)21-11-14-23-24(17-21)36-16-15-35-23)28(33)29(34)31(26)18-19-7-5-4-6-8-19/h4-14,17,26,32H,15-16,18H2,1-3H3/b27-25+/t26-/m0/s1. The maximum atomic E-state index is 13.4. The first kappa shape index (κ1) is 23.7. The predicted octanol–water partition coefficient (Wildman–Crippen LogP) is 5.38. The maximum Gasteiger partial charge on any atom is 0.295 e. The second-order valence-electron chi connectivity index (χ2n) is 10.1. The van der Waals surface area contributed by atoms with Crippen molar-refractivity contribution in [3.8, 4) is 11.5 Å². The number of rotatable bonds is 4. The van der Waals surface area contributed by atoms with Gasteiger partial charge in [-0.15, -0.1) is 0 Å². The first-order valence-electron chi connectivity index (χ1n) is 12.1. The highest BCUT2D eigenvalue weighted by Gasteiger charge is 2.46. The number of fused-ring (bicyclic) bond motifs is 1. The molecule has 2 aliphatic heterocycles.